The number of quaternary nitrogens is 1. The van der Waals surface area contributed by atoms with E-state index in [1.807, 2.05) is 0 Å². The van der Waals surface area contributed by atoms with Gasteiger partial charge in [0, 0.05) is 13.0 Å². The van der Waals surface area contributed by atoms with Crippen LogP contribution >= 0.6 is 15.9 Å². The third-order valence-electron chi connectivity index (χ3n) is 1.25. The molecule has 0 fully saturated rings. The lowest BCUT2D eigenvalue weighted by molar-refractivity contribution is -0.876. The van der Waals surface area contributed by atoms with Crippen LogP contribution in [0.5, 0.6) is 0 Å². The summed E-state index contributed by atoms with van der Waals surface area (Å²) in [4.78, 5) is 0. The average molecular weight is 233 g/mol. The molecular weight excluding hydrogens is 217 g/mol. The van der Waals surface area contributed by atoms with Crippen molar-refractivity contribution in [2.75, 3.05) is 32.7 Å². The molecule has 0 saturated heterocycles. The van der Waals surface area contributed by atoms with E-state index in [-0.39, 0.29) is 12.4 Å². The molecule has 0 unspecified atom stereocenters. The summed E-state index contributed by atoms with van der Waals surface area (Å²) in [5, 5.41) is 8.50. The maximum atomic E-state index is 8.50. The second kappa shape index (κ2) is 6.40. The molecule has 0 spiro atoms. The van der Waals surface area contributed by atoms with Crippen molar-refractivity contribution in [1.82, 2.24) is 0 Å². The van der Waals surface area contributed by atoms with Crippen molar-refractivity contribution >= 4 is 15.9 Å². The zero-order valence-corrected chi connectivity index (χ0v) is 8.82. The van der Waals surface area contributed by atoms with Gasteiger partial charge in [0.25, 0.3) is 0 Å². The molecule has 0 aromatic heterocycles. The topological polar surface area (TPSA) is 20.2 Å². The number of halogens is 2. The van der Waals surface area contributed by atoms with E-state index >= 15 is 0 Å². The predicted molar refractivity (Wildman–Crippen MR) is 42.5 cm³/mol. The Morgan fingerprint density at radius 1 is 1.40 bits per heavy atom. The number of hydrogen-bond donors (Lipinski definition) is 1. The van der Waals surface area contributed by atoms with E-state index in [1.165, 1.54) is 0 Å². The summed E-state index contributed by atoms with van der Waals surface area (Å²) < 4.78 is 0.931. The van der Waals surface area contributed by atoms with Crippen LogP contribution in [-0.4, -0.2) is 42.3 Å². The number of alkyl halides is 1. The van der Waals surface area contributed by atoms with Crippen LogP contribution in [0.4, 0.5) is 0 Å². The Morgan fingerprint density at radius 3 is 2.20 bits per heavy atom. The minimum atomic E-state index is 0. The first-order valence-corrected chi connectivity index (χ1v) is 4.23. The highest BCUT2D eigenvalue weighted by atomic mass is 79.9. The number of hydrogen-bond acceptors (Lipinski definition) is 1. The van der Waals surface area contributed by atoms with Gasteiger partial charge in [-0.05, 0) is 15.9 Å². The van der Waals surface area contributed by atoms with E-state index in [1.54, 1.807) is 0 Å². The number of rotatable bonds is 4. The molecule has 0 aromatic rings. The van der Waals surface area contributed by atoms with Gasteiger partial charge in [-0.3, -0.25) is 0 Å². The zero-order chi connectivity index (χ0) is 7.33. The van der Waals surface area contributed by atoms with E-state index < -0.39 is 0 Å². The van der Waals surface area contributed by atoms with Crippen molar-refractivity contribution in [3.8, 4) is 0 Å². The van der Waals surface area contributed by atoms with E-state index in [0.29, 0.717) is 6.61 Å². The Hall–Kier alpha value is 0.690. The molecule has 0 bridgehead atoms. The molecule has 0 amide bonds. The van der Waals surface area contributed by atoms with Crippen molar-refractivity contribution < 1.29 is 22.0 Å². The molecule has 0 heterocycles. The van der Waals surface area contributed by atoms with Crippen molar-refractivity contribution in [1.29, 1.82) is 0 Å². The Balaban J connectivity index is 0. The van der Waals surface area contributed by atoms with Crippen molar-refractivity contribution in [2.45, 2.75) is 6.42 Å². The maximum Gasteiger partial charge on any atom is 0.133 e. The zero-order valence-electron chi connectivity index (χ0n) is 6.48. The van der Waals surface area contributed by atoms with Gasteiger partial charge in [0.05, 0.1) is 20.6 Å². The van der Waals surface area contributed by atoms with Gasteiger partial charge in [0.15, 0.2) is 0 Å². The molecule has 0 radical (unpaired) electrons. The number of nitrogens with zero attached hydrogens (tertiary/aromatic N) is 1. The summed E-state index contributed by atoms with van der Waals surface area (Å²) in [5.41, 5.74) is 0.951. The molecule has 0 aliphatic rings. The molecule has 2 nitrogen and oxygen atoms in total. The molecule has 0 aromatic carbocycles. The standard InChI is InChI=1S/C6H15BrNO.ClH/c1-8(2,6-7)4-3-5-9;/h9H,3-6H2,1-2H3;1H/q+1;/p-1. The van der Waals surface area contributed by atoms with Gasteiger partial charge >= 0.3 is 0 Å². The van der Waals surface area contributed by atoms with E-state index in [9.17, 15) is 0 Å². The quantitative estimate of drug-likeness (QED) is 0.331. The first kappa shape index (κ1) is 13.3. The van der Waals surface area contributed by atoms with Crippen LogP contribution in [0.3, 0.4) is 0 Å². The van der Waals surface area contributed by atoms with Gasteiger partial charge in [-0.2, -0.15) is 0 Å². The predicted octanol–water partition coefficient (Wildman–Crippen LogP) is -2.20. The number of aliphatic hydroxyl groups is 1. The van der Waals surface area contributed by atoms with Crippen LogP contribution in [-0.2, 0) is 0 Å². The van der Waals surface area contributed by atoms with E-state index in [2.05, 4.69) is 30.0 Å². The van der Waals surface area contributed by atoms with Crippen LogP contribution in [0, 0.1) is 0 Å². The highest BCUT2D eigenvalue weighted by Crippen LogP contribution is 2.01. The summed E-state index contributed by atoms with van der Waals surface area (Å²) in [6.07, 6.45) is 0.888. The fraction of sp³-hybridized carbons (Fsp3) is 1.00. The SMILES string of the molecule is C[N+](C)(CBr)CCCO.[Cl-]. The number of aliphatic hydroxyl groups excluding tert-OH is 1. The second-order valence-corrected chi connectivity index (χ2v) is 3.36. The lowest BCUT2D eigenvalue weighted by atomic mass is 10.4. The second-order valence-electron chi connectivity index (χ2n) is 2.86. The Labute approximate surface area is 77.3 Å². The summed E-state index contributed by atoms with van der Waals surface area (Å²) in [6, 6.07) is 0. The van der Waals surface area contributed by atoms with E-state index in [4.69, 9.17) is 5.11 Å². The highest BCUT2D eigenvalue weighted by Gasteiger charge is 2.10. The molecular formula is C6H15BrClNO. The van der Waals surface area contributed by atoms with E-state index in [0.717, 1.165) is 22.9 Å². The van der Waals surface area contributed by atoms with Gasteiger partial charge < -0.3 is 22.0 Å². The van der Waals surface area contributed by atoms with Crippen LogP contribution in [0.2, 0.25) is 0 Å². The van der Waals surface area contributed by atoms with Gasteiger partial charge in [0.2, 0.25) is 0 Å². The van der Waals surface area contributed by atoms with Crippen LogP contribution in [0.15, 0.2) is 0 Å². The van der Waals surface area contributed by atoms with Gasteiger partial charge in [-0.15, -0.1) is 0 Å². The third-order valence-corrected chi connectivity index (χ3v) is 2.60. The fourth-order valence-electron chi connectivity index (χ4n) is 0.559. The van der Waals surface area contributed by atoms with Crippen molar-refractivity contribution in [3.05, 3.63) is 0 Å². The molecule has 4 heteroatoms. The molecule has 0 saturated carbocycles. The molecule has 0 rings (SSSR count). The fourth-order valence-corrected chi connectivity index (χ4v) is 0.809. The summed E-state index contributed by atoms with van der Waals surface area (Å²) in [5.74, 6) is 0. The monoisotopic (exact) mass is 231 g/mol. The molecule has 1 N–H and O–H groups in total. The summed E-state index contributed by atoms with van der Waals surface area (Å²) in [6.45, 7) is 1.33. The molecule has 0 aliphatic carbocycles. The molecule has 64 valence electrons. The van der Waals surface area contributed by atoms with Gasteiger partial charge in [-0.25, -0.2) is 0 Å². The first-order chi connectivity index (χ1) is 4.12. The minimum Gasteiger partial charge on any atom is -1.00 e. The van der Waals surface area contributed by atoms with Crippen LogP contribution < -0.4 is 12.4 Å². The lowest BCUT2D eigenvalue weighted by Gasteiger charge is -2.26. The van der Waals surface area contributed by atoms with Crippen molar-refractivity contribution in [3.63, 3.8) is 0 Å². The van der Waals surface area contributed by atoms with Gasteiger partial charge in [0.1, 0.15) is 5.45 Å². The Bertz CT molecular complexity index is 80.1. The molecule has 0 atom stereocenters. The Morgan fingerprint density at radius 2 is 1.90 bits per heavy atom. The normalized spacial score (nSPS) is 10.8. The van der Waals surface area contributed by atoms with Crippen molar-refractivity contribution in [2.24, 2.45) is 0 Å². The first-order valence-electron chi connectivity index (χ1n) is 3.11. The summed E-state index contributed by atoms with van der Waals surface area (Å²) in [7, 11) is 4.26. The summed E-state index contributed by atoms with van der Waals surface area (Å²) >= 11 is 3.39. The molecule has 0 aliphatic heterocycles. The lowest BCUT2D eigenvalue weighted by Crippen LogP contribution is -3.00. The molecule has 10 heavy (non-hydrogen) atoms. The largest absolute Gasteiger partial charge is 1.00 e. The Kier molecular flexibility index (Phi) is 8.51. The minimum absolute atomic E-state index is 0. The van der Waals surface area contributed by atoms with Crippen LogP contribution in [0.1, 0.15) is 6.42 Å². The highest BCUT2D eigenvalue weighted by molar-refractivity contribution is 9.09. The third kappa shape index (κ3) is 6.81. The van der Waals surface area contributed by atoms with Gasteiger partial charge in [-0.1, -0.05) is 0 Å². The maximum absolute atomic E-state index is 8.50. The average Bonchev–Trinajstić information content (AvgIpc) is 1.84. The smallest absolute Gasteiger partial charge is 0.133 e. The van der Waals surface area contributed by atoms with Crippen LogP contribution in [0.25, 0.3) is 0 Å².